The molecule has 10 heteroatoms. The maximum absolute atomic E-state index is 5.74. The number of aryl methyl sites for hydroxylation is 2. The molecule has 4 N–H and O–H groups in total. The molecule has 4 aromatic heterocycles. The van der Waals surface area contributed by atoms with Crippen molar-refractivity contribution >= 4 is 17.4 Å². The number of anilines is 1. The number of unbranched alkanes of at least 4 members (excludes halogenated alkanes) is 2. The van der Waals surface area contributed by atoms with Gasteiger partial charge in [-0.05, 0) is 63.0 Å². The molecule has 0 spiro atoms. The summed E-state index contributed by atoms with van der Waals surface area (Å²) < 4.78 is 4.17. The monoisotopic (exact) mass is 509 g/mol. The molecule has 4 rings (SSSR count). The van der Waals surface area contributed by atoms with Gasteiger partial charge >= 0.3 is 0 Å². The van der Waals surface area contributed by atoms with Crippen LogP contribution in [0.3, 0.4) is 0 Å². The van der Waals surface area contributed by atoms with Crippen LogP contribution in [-0.2, 0) is 13.1 Å². The fraction of sp³-hybridized carbons (Fsp3) is 0.385. The van der Waals surface area contributed by atoms with Crippen molar-refractivity contribution in [1.82, 2.24) is 29.1 Å². The molecule has 36 heavy (non-hydrogen) atoms. The first-order chi connectivity index (χ1) is 17.5. The summed E-state index contributed by atoms with van der Waals surface area (Å²) in [6.45, 7) is 3.40. The maximum Gasteiger partial charge on any atom is 0.129 e. The minimum absolute atomic E-state index is 0.496. The van der Waals surface area contributed by atoms with Crippen LogP contribution in [0.5, 0.6) is 0 Å². The highest BCUT2D eigenvalue weighted by molar-refractivity contribution is 6.29. The Morgan fingerprint density at radius 3 is 1.67 bits per heavy atom. The molecular weight excluding hydrogens is 474 g/mol. The number of pyridine rings is 2. The summed E-state index contributed by atoms with van der Waals surface area (Å²) in [5.74, 6) is 0.950. The molecule has 0 radical (unpaired) electrons. The first kappa shape index (κ1) is 27.3. The molecule has 0 unspecified atom stereocenters. The highest BCUT2D eigenvalue weighted by atomic mass is 35.5. The molecule has 4 heterocycles. The van der Waals surface area contributed by atoms with E-state index >= 15 is 0 Å². The zero-order valence-electron chi connectivity index (χ0n) is 21.1. The lowest BCUT2D eigenvalue weighted by Gasteiger charge is -2.10. The summed E-state index contributed by atoms with van der Waals surface area (Å²) in [6, 6.07) is 7.74. The van der Waals surface area contributed by atoms with E-state index in [1.165, 1.54) is 0 Å². The predicted octanol–water partition coefficient (Wildman–Crippen LogP) is 4.09. The van der Waals surface area contributed by atoms with Gasteiger partial charge in [-0.2, -0.15) is 0 Å². The second-order valence-corrected chi connectivity index (χ2v) is 9.04. The van der Waals surface area contributed by atoms with Crippen LogP contribution in [0, 0.1) is 0 Å². The number of hydrogen-bond acceptors (Lipinski definition) is 7. The van der Waals surface area contributed by atoms with Gasteiger partial charge in [0.2, 0.25) is 0 Å². The molecule has 192 valence electrons. The molecule has 0 aliphatic heterocycles. The number of imidazole rings is 2. The molecule has 0 saturated carbocycles. The van der Waals surface area contributed by atoms with Crippen LogP contribution >= 0.6 is 11.6 Å². The number of halogens is 1. The Morgan fingerprint density at radius 1 is 0.722 bits per heavy atom. The van der Waals surface area contributed by atoms with Crippen molar-refractivity contribution in [3.63, 3.8) is 0 Å². The Balaban J connectivity index is 0.000000202. The second-order valence-electron chi connectivity index (χ2n) is 8.65. The quantitative estimate of drug-likeness (QED) is 0.231. The van der Waals surface area contributed by atoms with Gasteiger partial charge in [-0.15, -0.1) is 0 Å². The van der Waals surface area contributed by atoms with E-state index in [1.54, 1.807) is 12.3 Å². The van der Waals surface area contributed by atoms with E-state index in [2.05, 4.69) is 41.3 Å². The second kappa shape index (κ2) is 14.3. The first-order valence-electron chi connectivity index (χ1n) is 12.2. The van der Waals surface area contributed by atoms with Crippen LogP contribution < -0.4 is 16.4 Å². The first-order valence-corrected chi connectivity index (χ1v) is 12.6. The lowest BCUT2D eigenvalue weighted by molar-refractivity contribution is 0.614. The molecular formula is C26H36ClN9. The van der Waals surface area contributed by atoms with Gasteiger partial charge < -0.3 is 25.5 Å². The highest BCUT2D eigenvalue weighted by Crippen LogP contribution is 2.19. The number of nitrogens with two attached hydrogens (primary N) is 2. The molecule has 4 aromatic rings. The Labute approximate surface area is 218 Å². The predicted molar refractivity (Wildman–Crippen MR) is 147 cm³/mol. The molecule has 0 aromatic carbocycles. The van der Waals surface area contributed by atoms with E-state index < -0.39 is 0 Å². The normalized spacial score (nSPS) is 10.7. The summed E-state index contributed by atoms with van der Waals surface area (Å²) in [7, 11) is 3.96. The molecule has 0 fully saturated rings. The van der Waals surface area contributed by atoms with Crippen molar-refractivity contribution in [2.45, 2.75) is 38.8 Å². The molecule has 0 amide bonds. The lowest BCUT2D eigenvalue weighted by atomic mass is 10.2. The Bertz CT molecular complexity index is 1150. The van der Waals surface area contributed by atoms with E-state index in [4.69, 9.17) is 23.1 Å². The number of aromatic nitrogens is 6. The summed E-state index contributed by atoms with van der Waals surface area (Å²) >= 11 is 5.74. The summed E-state index contributed by atoms with van der Waals surface area (Å²) in [4.78, 5) is 19.2. The topological polar surface area (TPSA) is 117 Å². The maximum atomic E-state index is 5.74. The van der Waals surface area contributed by atoms with E-state index in [1.807, 2.05) is 56.2 Å². The summed E-state index contributed by atoms with van der Waals surface area (Å²) in [6.07, 6.45) is 15.6. The van der Waals surface area contributed by atoms with Crippen molar-refractivity contribution in [1.29, 1.82) is 0 Å². The molecule has 9 nitrogen and oxygen atoms in total. The van der Waals surface area contributed by atoms with Crippen LogP contribution in [0.2, 0.25) is 5.15 Å². The molecule has 0 aliphatic carbocycles. The van der Waals surface area contributed by atoms with Crippen molar-refractivity contribution in [3.8, 4) is 22.5 Å². The van der Waals surface area contributed by atoms with Crippen molar-refractivity contribution in [3.05, 3.63) is 66.9 Å². The number of rotatable bonds is 11. The molecule has 0 aliphatic rings. The summed E-state index contributed by atoms with van der Waals surface area (Å²) in [5, 5.41) is 0.496. The average Bonchev–Trinajstić information content (AvgIpc) is 3.56. The number of nitrogens with zero attached hydrogens (tertiary/aromatic N) is 7. The van der Waals surface area contributed by atoms with Crippen LogP contribution in [0.25, 0.3) is 22.5 Å². The van der Waals surface area contributed by atoms with Gasteiger partial charge in [0.1, 0.15) is 11.0 Å². The van der Waals surface area contributed by atoms with Crippen molar-refractivity contribution < 1.29 is 0 Å². The third kappa shape index (κ3) is 8.44. The largest absolute Gasteiger partial charge is 0.363 e. The molecule has 0 saturated heterocycles. The average molecular weight is 510 g/mol. The van der Waals surface area contributed by atoms with Crippen LogP contribution in [0.1, 0.15) is 25.7 Å². The highest BCUT2D eigenvalue weighted by Gasteiger charge is 2.04. The van der Waals surface area contributed by atoms with Crippen LogP contribution in [0.4, 0.5) is 5.82 Å². The van der Waals surface area contributed by atoms with E-state index in [9.17, 15) is 0 Å². The zero-order chi connectivity index (χ0) is 25.8. The van der Waals surface area contributed by atoms with Gasteiger partial charge in [-0.25, -0.2) is 19.9 Å². The smallest absolute Gasteiger partial charge is 0.129 e. The molecule has 0 atom stereocenters. The van der Waals surface area contributed by atoms with Gasteiger partial charge in [0.25, 0.3) is 0 Å². The van der Waals surface area contributed by atoms with Gasteiger partial charge in [0.15, 0.2) is 0 Å². The Hall–Kier alpha value is -3.27. The minimum atomic E-state index is 0.496. The third-order valence-corrected chi connectivity index (χ3v) is 5.76. The SMILES string of the molecule is CN(C)c1ccc(-c2cn(CCCCN)cn2)cn1.NCCCCn1cnc(-c2ccc(Cl)nc2)c1. The van der Waals surface area contributed by atoms with Gasteiger partial charge in [0, 0.05) is 63.1 Å². The summed E-state index contributed by atoms with van der Waals surface area (Å²) in [5.41, 5.74) is 14.9. The van der Waals surface area contributed by atoms with Crippen LogP contribution in [0.15, 0.2) is 61.7 Å². The fourth-order valence-electron chi connectivity index (χ4n) is 3.47. The van der Waals surface area contributed by atoms with E-state index in [-0.39, 0.29) is 0 Å². The lowest BCUT2D eigenvalue weighted by Crippen LogP contribution is -2.09. The third-order valence-electron chi connectivity index (χ3n) is 5.53. The van der Waals surface area contributed by atoms with Crippen molar-refractivity contribution in [2.75, 3.05) is 32.1 Å². The van der Waals surface area contributed by atoms with Gasteiger partial charge in [-0.1, -0.05) is 11.6 Å². The van der Waals surface area contributed by atoms with Gasteiger partial charge in [0.05, 0.1) is 24.0 Å². The molecule has 0 bridgehead atoms. The van der Waals surface area contributed by atoms with E-state index in [0.29, 0.717) is 5.15 Å². The van der Waals surface area contributed by atoms with Crippen LogP contribution in [-0.4, -0.2) is 56.3 Å². The zero-order valence-corrected chi connectivity index (χ0v) is 21.8. The minimum Gasteiger partial charge on any atom is -0.363 e. The number of hydrogen-bond donors (Lipinski definition) is 2. The Kier molecular flexibility index (Phi) is 10.9. The fourth-order valence-corrected chi connectivity index (χ4v) is 3.58. The van der Waals surface area contributed by atoms with Gasteiger partial charge in [-0.3, -0.25) is 0 Å². The Morgan fingerprint density at radius 2 is 1.25 bits per heavy atom. The van der Waals surface area contributed by atoms with E-state index in [0.717, 1.165) is 80.2 Å². The van der Waals surface area contributed by atoms with Crippen molar-refractivity contribution in [2.24, 2.45) is 11.5 Å². The standard InChI is InChI=1S/C14H21N5.C12H15ClN4/c1-18(2)14-6-5-12(9-16-14)13-10-19(11-17-13)8-4-3-7-15;13-12-4-3-10(7-15-12)11-8-17(9-16-11)6-2-1-5-14/h5-6,9-11H,3-4,7-8,15H2,1-2H3;3-4,7-9H,1-2,5-6,14H2.